The monoisotopic (exact) mass is 311 g/mol. The second-order valence-corrected chi connectivity index (χ2v) is 7.71. The molecule has 2 heteroatoms. The average molecular weight is 311 g/mol. The van der Waals surface area contributed by atoms with E-state index in [9.17, 15) is 10.2 Å². The SMILES string of the molecule is [2H]C1C(C)(C)CC(C)CC1(c1ccc(O)cc1)c1ccc(O)cc1. The van der Waals surface area contributed by atoms with E-state index in [4.69, 9.17) is 1.37 Å². The molecule has 1 aliphatic carbocycles. The van der Waals surface area contributed by atoms with Gasteiger partial charge in [-0.05, 0) is 66.0 Å². The Morgan fingerprint density at radius 3 is 1.74 bits per heavy atom. The van der Waals surface area contributed by atoms with Gasteiger partial charge in [-0.1, -0.05) is 45.0 Å². The molecule has 0 spiro atoms. The molecule has 23 heavy (non-hydrogen) atoms. The largest absolute Gasteiger partial charge is 0.508 e. The fourth-order valence-electron chi connectivity index (χ4n) is 4.39. The van der Waals surface area contributed by atoms with Gasteiger partial charge in [0.15, 0.2) is 0 Å². The zero-order valence-electron chi connectivity index (χ0n) is 15.1. The third-order valence-corrected chi connectivity index (χ3v) is 4.95. The lowest BCUT2D eigenvalue weighted by Gasteiger charge is -2.48. The van der Waals surface area contributed by atoms with E-state index in [2.05, 4.69) is 20.8 Å². The minimum Gasteiger partial charge on any atom is -0.508 e. The Morgan fingerprint density at radius 2 is 1.30 bits per heavy atom. The number of phenolic OH excluding ortho intramolecular Hbond substituents is 2. The van der Waals surface area contributed by atoms with E-state index in [0.717, 1.165) is 24.0 Å². The zero-order valence-corrected chi connectivity index (χ0v) is 14.1. The predicted molar refractivity (Wildman–Crippen MR) is 93.8 cm³/mol. The van der Waals surface area contributed by atoms with Crippen molar-refractivity contribution in [3.8, 4) is 11.5 Å². The summed E-state index contributed by atoms with van der Waals surface area (Å²) in [4.78, 5) is 0. The van der Waals surface area contributed by atoms with Crippen LogP contribution in [0.3, 0.4) is 0 Å². The standard InChI is InChI=1S/C21H26O2/c1-15-12-20(2,3)14-21(13-15,16-4-8-18(22)9-5-16)17-6-10-19(23)11-7-17/h4-11,15,22-23H,12-14H2,1-3H3/i14D. The lowest BCUT2D eigenvalue weighted by Crippen LogP contribution is -2.41. The van der Waals surface area contributed by atoms with Crippen LogP contribution in [-0.2, 0) is 5.41 Å². The molecule has 0 aliphatic heterocycles. The molecule has 2 N–H and O–H groups in total. The van der Waals surface area contributed by atoms with Gasteiger partial charge in [0.2, 0.25) is 0 Å². The van der Waals surface area contributed by atoms with Crippen LogP contribution < -0.4 is 0 Å². The molecule has 2 nitrogen and oxygen atoms in total. The van der Waals surface area contributed by atoms with Crippen LogP contribution in [0.1, 0.15) is 52.5 Å². The number of rotatable bonds is 2. The first-order valence-electron chi connectivity index (χ1n) is 8.85. The molecule has 0 heterocycles. The van der Waals surface area contributed by atoms with Crippen LogP contribution >= 0.6 is 0 Å². The molecule has 3 rings (SSSR count). The Bertz CT molecular complexity index is 658. The lowest BCUT2D eigenvalue weighted by molar-refractivity contribution is 0.127. The second-order valence-electron chi connectivity index (χ2n) is 7.71. The summed E-state index contributed by atoms with van der Waals surface area (Å²) in [5.41, 5.74) is 1.56. The smallest absolute Gasteiger partial charge is 0.115 e. The highest BCUT2D eigenvalue weighted by Gasteiger charge is 2.45. The number of benzene rings is 2. The van der Waals surface area contributed by atoms with Gasteiger partial charge >= 0.3 is 0 Å². The number of hydrogen-bond donors (Lipinski definition) is 2. The van der Waals surface area contributed by atoms with Crippen molar-refractivity contribution in [1.29, 1.82) is 0 Å². The normalized spacial score (nSPS) is 26.5. The van der Waals surface area contributed by atoms with Gasteiger partial charge in [0.1, 0.15) is 11.5 Å². The molecule has 0 amide bonds. The molecule has 1 saturated carbocycles. The summed E-state index contributed by atoms with van der Waals surface area (Å²) < 4.78 is 9.13. The van der Waals surface area contributed by atoms with Gasteiger partial charge in [-0.3, -0.25) is 0 Å². The second kappa shape index (κ2) is 5.59. The summed E-state index contributed by atoms with van der Waals surface area (Å²) in [6.45, 7) is 6.61. The Labute approximate surface area is 140 Å². The third kappa shape index (κ3) is 3.08. The van der Waals surface area contributed by atoms with Crippen LogP contribution in [0, 0.1) is 11.3 Å². The van der Waals surface area contributed by atoms with Gasteiger partial charge < -0.3 is 10.2 Å². The quantitative estimate of drug-likeness (QED) is 0.797. The number of aromatic hydroxyl groups is 2. The molecular formula is C21H26O2. The molecule has 122 valence electrons. The maximum atomic E-state index is 9.69. The molecule has 0 saturated heterocycles. The van der Waals surface area contributed by atoms with Crippen molar-refractivity contribution >= 4 is 0 Å². The van der Waals surface area contributed by atoms with Crippen LogP contribution in [0.15, 0.2) is 48.5 Å². The van der Waals surface area contributed by atoms with Gasteiger partial charge in [-0.2, -0.15) is 0 Å². The maximum Gasteiger partial charge on any atom is 0.115 e. The summed E-state index contributed by atoms with van der Waals surface area (Å²) in [5, 5.41) is 19.4. The van der Waals surface area contributed by atoms with E-state index in [1.807, 2.05) is 24.3 Å². The van der Waals surface area contributed by atoms with E-state index in [-0.39, 0.29) is 23.3 Å². The van der Waals surface area contributed by atoms with Crippen molar-refractivity contribution in [1.82, 2.24) is 0 Å². The van der Waals surface area contributed by atoms with E-state index >= 15 is 0 Å². The van der Waals surface area contributed by atoms with E-state index in [0.29, 0.717) is 5.92 Å². The van der Waals surface area contributed by atoms with Crippen molar-refractivity contribution in [2.75, 3.05) is 0 Å². The Kier molecular flexibility index (Phi) is 3.56. The summed E-state index contributed by atoms with van der Waals surface area (Å²) in [6, 6.07) is 14.6. The van der Waals surface area contributed by atoms with Crippen LogP contribution in [0.4, 0.5) is 0 Å². The molecule has 1 fully saturated rings. The fraction of sp³-hybridized carbons (Fsp3) is 0.429. The minimum absolute atomic E-state index is 0.118. The summed E-state index contributed by atoms with van der Waals surface area (Å²) in [7, 11) is 0. The van der Waals surface area contributed by atoms with Crippen molar-refractivity contribution in [3.63, 3.8) is 0 Å². The molecule has 2 aromatic rings. The van der Waals surface area contributed by atoms with Gasteiger partial charge in [0.25, 0.3) is 0 Å². The Balaban J connectivity index is 2.24. The minimum atomic E-state index is -0.442. The number of hydrogen-bond acceptors (Lipinski definition) is 2. The molecule has 2 aromatic carbocycles. The van der Waals surface area contributed by atoms with E-state index < -0.39 is 5.41 Å². The van der Waals surface area contributed by atoms with Gasteiger partial charge in [0, 0.05) is 6.79 Å². The van der Waals surface area contributed by atoms with Crippen LogP contribution in [0.5, 0.6) is 11.5 Å². The van der Waals surface area contributed by atoms with Gasteiger partial charge in [-0.25, -0.2) is 0 Å². The highest BCUT2D eigenvalue weighted by atomic mass is 16.3. The van der Waals surface area contributed by atoms with Crippen molar-refractivity contribution in [3.05, 3.63) is 59.7 Å². The maximum absolute atomic E-state index is 9.69. The highest BCUT2D eigenvalue weighted by Crippen LogP contribution is 2.53. The van der Waals surface area contributed by atoms with E-state index in [1.165, 1.54) is 0 Å². The topological polar surface area (TPSA) is 40.5 Å². The first-order chi connectivity index (χ1) is 11.3. The van der Waals surface area contributed by atoms with Crippen molar-refractivity contribution in [2.24, 2.45) is 11.3 Å². The van der Waals surface area contributed by atoms with Crippen LogP contribution in [0.2, 0.25) is 0 Å². The highest BCUT2D eigenvalue weighted by molar-refractivity contribution is 5.44. The van der Waals surface area contributed by atoms with E-state index in [1.54, 1.807) is 24.3 Å². The third-order valence-electron chi connectivity index (χ3n) is 4.95. The molecule has 2 unspecified atom stereocenters. The predicted octanol–water partition coefficient (Wildman–Crippen LogP) is 5.23. The zero-order chi connectivity index (χ0) is 17.5. The molecule has 1 aliphatic rings. The average Bonchev–Trinajstić information content (AvgIpc) is 2.52. The number of phenols is 2. The molecule has 0 aromatic heterocycles. The van der Waals surface area contributed by atoms with Gasteiger partial charge in [0.05, 0.1) is 0 Å². The molecule has 0 radical (unpaired) electrons. The first-order valence-corrected chi connectivity index (χ1v) is 8.27. The Morgan fingerprint density at radius 1 is 0.870 bits per heavy atom. The summed E-state index contributed by atoms with van der Waals surface area (Å²) in [5.74, 6) is 0.970. The van der Waals surface area contributed by atoms with Crippen molar-refractivity contribution < 1.29 is 11.6 Å². The molecular weight excluding hydrogens is 284 g/mol. The van der Waals surface area contributed by atoms with Gasteiger partial charge in [-0.15, -0.1) is 0 Å². The van der Waals surface area contributed by atoms with Crippen LogP contribution in [0.25, 0.3) is 0 Å². The van der Waals surface area contributed by atoms with Crippen molar-refractivity contribution in [2.45, 2.75) is 45.4 Å². The first kappa shape index (κ1) is 14.6. The summed E-state index contributed by atoms with van der Waals surface area (Å²) >= 11 is 0. The summed E-state index contributed by atoms with van der Waals surface area (Å²) in [6.07, 6.45) is 1.61. The van der Waals surface area contributed by atoms with Crippen LogP contribution in [-0.4, -0.2) is 10.2 Å². The fourth-order valence-corrected chi connectivity index (χ4v) is 4.39. The lowest BCUT2D eigenvalue weighted by atomic mass is 9.55. The molecule has 0 bridgehead atoms. The Hall–Kier alpha value is -1.96. The molecule has 2 atom stereocenters.